The molecule has 122 valence electrons. The highest BCUT2D eigenvalue weighted by atomic mass is 32.2. The zero-order valence-electron chi connectivity index (χ0n) is 12.9. The number of hydrazone groups is 1. The van der Waals surface area contributed by atoms with Gasteiger partial charge in [0.05, 0.1) is 11.0 Å². The third-order valence-electron chi connectivity index (χ3n) is 5.41. The molecule has 4 rings (SSSR count). The second-order valence-corrected chi connectivity index (χ2v) is 8.49. The van der Waals surface area contributed by atoms with Crippen LogP contribution in [0.3, 0.4) is 0 Å². The van der Waals surface area contributed by atoms with E-state index in [0.717, 1.165) is 24.1 Å². The molecule has 0 spiro atoms. The minimum Gasteiger partial charge on any atom is -0.392 e. The summed E-state index contributed by atoms with van der Waals surface area (Å²) in [6.07, 6.45) is 5.47. The summed E-state index contributed by atoms with van der Waals surface area (Å²) in [4.78, 5) is 2.56. The summed E-state index contributed by atoms with van der Waals surface area (Å²) in [6, 6.07) is 6.67. The molecule has 1 aromatic rings. The van der Waals surface area contributed by atoms with Crippen LogP contribution in [0.5, 0.6) is 0 Å². The van der Waals surface area contributed by atoms with Crippen LogP contribution in [0.1, 0.15) is 18.4 Å². The number of allylic oxidation sites excluding steroid dienone is 2. The Morgan fingerprint density at radius 3 is 2.61 bits per heavy atom. The molecule has 3 aliphatic rings. The first-order valence-corrected chi connectivity index (χ1v) is 9.45. The number of hydrogen-bond acceptors (Lipinski definition) is 4. The Bertz CT molecular complexity index is 783. The molecule has 2 saturated carbocycles. The Morgan fingerprint density at radius 2 is 1.87 bits per heavy atom. The van der Waals surface area contributed by atoms with Crippen molar-refractivity contribution in [2.45, 2.75) is 30.8 Å². The Labute approximate surface area is 136 Å². The van der Waals surface area contributed by atoms with Crippen molar-refractivity contribution in [1.82, 2.24) is 4.83 Å². The SMILES string of the molecule is Cc1ccc(S(=O)(=O)N/N=C2\C[C@H]3C=C[C@H]4C[C@@H](O)[C@H]2[C@H]34)cc1. The van der Waals surface area contributed by atoms with E-state index in [4.69, 9.17) is 0 Å². The van der Waals surface area contributed by atoms with Crippen LogP contribution >= 0.6 is 0 Å². The van der Waals surface area contributed by atoms with E-state index in [9.17, 15) is 13.5 Å². The van der Waals surface area contributed by atoms with Crippen LogP contribution in [-0.2, 0) is 10.0 Å². The smallest absolute Gasteiger partial charge is 0.276 e. The number of benzene rings is 1. The minimum atomic E-state index is -3.66. The molecule has 6 heteroatoms. The lowest BCUT2D eigenvalue weighted by Crippen LogP contribution is -2.26. The van der Waals surface area contributed by atoms with Gasteiger partial charge in [-0.3, -0.25) is 0 Å². The van der Waals surface area contributed by atoms with Crippen molar-refractivity contribution in [2.75, 3.05) is 0 Å². The molecule has 0 bridgehead atoms. The monoisotopic (exact) mass is 332 g/mol. The van der Waals surface area contributed by atoms with Crippen LogP contribution < -0.4 is 4.83 Å². The predicted molar refractivity (Wildman–Crippen MR) is 87.3 cm³/mol. The number of nitrogens with one attached hydrogen (secondary N) is 1. The number of hydrogen-bond donors (Lipinski definition) is 2. The van der Waals surface area contributed by atoms with Gasteiger partial charge in [-0.15, -0.1) is 0 Å². The molecule has 0 radical (unpaired) electrons. The maximum absolute atomic E-state index is 12.3. The summed E-state index contributed by atoms with van der Waals surface area (Å²) in [5, 5.41) is 14.5. The molecule has 5 nitrogen and oxygen atoms in total. The third-order valence-corrected chi connectivity index (χ3v) is 6.63. The van der Waals surface area contributed by atoms with Gasteiger partial charge in [-0.1, -0.05) is 29.8 Å². The molecule has 2 fully saturated rings. The first kappa shape index (κ1) is 14.9. The van der Waals surface area contributed by atoms with Crippen molar-refractivity contribution < 1.29 is 13.5 Å². The zero-order chi connectivity index (χ0) is 16.2. The van der Waals surface area contributed by atoms with Crippen molar-refractivity contribution in [1.29, 1.82) is 0 Å². The van der Waals surface area contributed by atoms with E-state index >= 15 is 0 Å². The molecule has 1 aromatic carbocycles. The van der Waals surface area contributed by atoms with Gasteiger partial charge in [-0.2, -0.15) is 13.5 Å². The second-order valence-electron chi connectivity index (χ2n) is 6.83. The van der Waals surface area contributed by atoms with Gasteiger partial charge in [0.25, 0.3) is 10.0 Å². The number of nitrogens with zero attached hydrogens (tertiary/aromatic N) is 1. The fourth-order valence-electron chi connectivity index (χ4n) is 4.34. The van der Waals surface area contributed by atoms with Crippen LogP contribution in [-0.4, -0.2) is 25.3 Å². The van der Waals surface area contributed by atoms with Crippen LogP contribution in [0.25, 0.3) is 0 Å². The van der Waals surface area contributed by atoms with Crippen molar-refractivity contribution >= 4 is 15.7 Å². The van der Waals surface area contributed by atoms with Gasteiger partial charge >= 0.3 is 0 Å². The largest absolute Gasteiger partial charge is 0.392 e. The van der Waals surface area contributed by atoms with Gasteiger partial charge in [0.15, 0.2) is 0 Å². The number of aliphatic hydroxyl groups is 1. The van der Waals surface area contributed by atoms with Crippen molar-refractivity contribution in [3.63, 3.8) is 0 Å². The Balaban J connectivity index is 1.57. The maximum Gasteiger partial charge on any atom is 0.276 e. The van der Waals surface area contributed by atoms with E-state index in [2.05, 4.69) is 22.1 Å². The van der Waals surface area contributed by atoms with Crippen molar-refractivity contribution in [2.24, 2.45) is 28.8 Å². The lowest BCUT2D eigenvalue weighted by molar-refractivity contribution is 0.151. The quantitative estimate of drug-likeness (QED) is 0.655. The van der Waals surface area contributed by atoms with Crippen molar-refractivity contribution in [3.8, 4) is 0 Å². The van der Waals surface area contributed by atoms with E-state index in [1.54, 1.807) is 24.3 Å². The minimum absolute atomic E-state index is 0.0132. The van der Waals surface area contributed by atoms with Gasteiger partial charge in [-0.05, 0) is 49.7 Å². The highest BCUT2D eigenvalue weighted by Gasteiger charge is 2.54. The normalized spacial score (nSPS) is 36.6. The molecular weight excluding hydrogens is 312 g/mol. The predicted octanol–water partition coefficient (Wildman–Crippen LogP) is 1.83. The summed E-state index contributed by atoms with van der Waals surface area (Å²) >= 11 is 0. The van der Waals surface area contributed by atoms with E-state index in [1.165, 1.54) is 0 Å². The van der Waals surface area contributed by atoms with Crippen LogP contribution in [0.15, 0.2) is 46.4 Å². The molecule has 0 aromatic heterocycles. The molecule has 23 heavy (non-hydrogen) atoms. The fourth-order valence-corrected chi connectivity index (χ4v) is 5.18. The highest BCUT2D eigenvalue weighted by Crippen LogP contribution is 2.53. The topological polar surface area (TPSA) is 78.8 Å². The lowest BCUT2D eigenvalue weighted by atomic mass is 9.91. The molecule has 0 heterocycles. The molecule has 2 N–H and O–H groups in total. The molecule has 3 aliphatic carbocycles. The number of aliphatic hydroxyl groups excluding tert-OH is 1. The van der Waals surface area contributed by atoms with Gasteiger partial charge in [-0.25, -0.2) is 4.83 Å². The Hall–Kier alpha value is -1.66. The lowest BCUT2D eigenvalue weighted by Gasteiger charge is -2.15. The first-order valence-electron chi connectivity index (χ1n) is 7.97. The summed E-state index contributed by atoms with van der Waals surface area (Å²) < 4.78 is 24.7. The van der Waals surface area contributed by atoms with Crippen LogP contribution in [0, 0.1) is 30.6 Å². The average Bonchev–Trinajstić information content (AvgIpc) is 3.14. The van der Waals surface area contributed by atoms with Crippen molar-refractivity contribution in [3.05, 3.63) is 42.0 Å². The van der Waals surface area contributed by atoms with Crippen LogP contribution in [0.2, 0.25) is 0 Å². The standard InChI is InChI=1S/C17H20N2O3S/c1-10-2-6-13(7-3-10)23(21,22)19-18-14-8-11-4-5-12-9-15(20)17(14)16(11)12/h2-7,11-12,15-17,19-20H,8-9H2,1H3/b18-14+/t11-,12+,15-,16-,17+/m1/s1. The molecule has 0 amide bonds. The number of aryl methyl sites for hydroxylation is 1. The van der Waals surface area contributed by atoms with Crippen LogP contribution in [0.4, 0.5) is 0 Å². The second kappa shape index (κ2) is 5.18. The number of rotatable bonds is 3. The molecule has 0 aliphatic heterocycles. The highest BCUT2D eigenvalue weighted by molar-refractivity contribution is 7.89. The third kappa shape index (κ3) is 2.40. The molecule has 0 unspecified atom stereocenters. The van der Waals surface area contributed by atoms with Gasteiger partial charge in [0, 0.05) is 11.6 Å². The van der Waals surface area contributed by atoms with E-state index < -0.39 is 16.1 Å². The molecule has 0 saturated heterocycles. The van der Waals surface area contributed by atoms with E-state index in [0.29, 0.717) is 17.8 Å². The fraction of sp³-hybridized carbons (Fsp3) is 0.471. The van der Waals surface area contributed by atoms with E-state index in [1.807, 2.05) is 6.92 Å². The summed E-state index contributed by atoms with van der Waals surface area (Å²) in [5.41, 5.74) is 1.79. The summed E-state index contributed by atoms with van der Waals surface area (Å²) in [7, 11) is -3.66. The van der Waals surface area contributed by atoms with Gasteiger partial charge in [0.1, 0.15) is 0 Å². The zero-order valence-corrected chi connectivity index (χ0v) is 13.7. The van der Waals surface area contributed by atoms with Gasteiger partial charge in [0.2, 0.25) is 0 Å². The maximum atomic E-state index is 12.3. The molecular formula is C17H20N2O3S. The Morgan fingerprint density at radius 1 is 1.17 bits per heavy atom. The summed E-state index contributed by atoms with van der Waals surface area (Å²) in [5.74, 6) is 1.19. The first-order chi connectivity index (χ1) is 11.0. The number of sulfonamides is 1. The van der Waals surface area contributed by atoms with E-state index in [-0.39, 0.29) is 10.8 Å². The summed E-state index contributed by atoms with van der Waals surface area (Å²) in [6.45, 7) is 1.91. The average molecular weight is 332 g/mol. The Kier molecular flexibility index (Phi) is 3.35. The molecule has 5 atom stereocenters. The van der Waals surface area contributed by atoms with Gasteiger partial charge < -0.3 is 5.11 Å².